The minimum Gasteiger partial charge on any atom is -0.497 e. The van der Waals surface area contributed by atoms with Crippen LogP contribution in [0.3, 0.4) is 0 Å². The van der Waals surface area contributed by atoms with E-state index in [0.29, 0.717) is 22.2 Å². The van der Waals surface area contributed by atoms with E-state index >= 15 is 0 Å². The summed E-state index contributed by atoms with van der Waals surface area (Å²) in [5, 5.41) is 24.3. The summed E-state index contributed by atoms with van der Waals surface area (Å²) in [6.45, 7) is 3.34. The zero-order valence-corrected chi connectivity index (χ0v) is 16.8. The maximum Gasteiger partial charge on any atom is 0.243 e. The van der Waals surface area contributed by atoms with Crippen LogP contribution in [0.5, 0.6) is 11.5 Å². The Hall–Kier alpha value is -3.17. The van der Waals surface area contributed by atoms with E-state index in [4.69, 9.17) is 9.47 Å². The van der Waals surface area contributed by atoms with Gasteiger partial charge in [-0.05, 0) is 12.1 Å². The molecule has 2 amide bonds. The van der Waals surface area contributed by atoms with Crippen LogP contribution in [0.15, 0.2) is 28.8 Å². The number of allylic oxidation sites excluding steroid dienone is 1. The van der Waals surface area contributed by atoms with Crippen molar-refractivity contribution in [3.8, 4) is 23.6 Å². The second-order valence-corrected chi connectivity index (χ2v) is 7.48. The first-order valence-electron chi connectivity index (χ1n) is 8.28. The summed E-state index contributed by atoms with van der Waals surface area (Å²) in [5.74, 6) is -0.794. The zero-order chi connectivity index (χ0) is 20.9. The first kappa shape index (κ1) is 21.1. The number of methoxy groups -OCH3 is 2. The summed E-state index contributed by atoms with van der Waals surface area (Å²) in [4.78, 5) is 24.5. The van der Waals surface area contributed by atoms with Gasteiger partial charge in [0.15, 0.2) is 0 Å². The van der Waals surface area contributed by atoms with Gasteiger partial charge in [-0.2, -0.15) is 10.5 Å². The molecular weight excluding hydrogens is 380 g/mol. The number of hydrogen-bond acceptors (Lipinski definition) is 7. The molecular formula is C19H20N4O4S. The molecule has 1 aliphatic heterocycles. The number of ether oxygens (including phenoxy) is 2. The van der Waals surface area contributed by atoms with E-state index in [0.717, 1.165) is 11.8 Å². The van der Waals surface area contributed by atoms with E-state index in [-0.39, 0.29) is 17.2 Å². The fraction of sp³-hybridized carbons (Fsp3) is 0.368. The van der Waals surface area contributed by atoms with Gasteiger partial charge < -0.3 is 20.1 Å². The Morgan fingerprint density at radius 1 is 1.32 bits per heavy atom. The Morgan fingerprint density at radius 3 is 2.61 bits per heavy atom. The molecule has 28 heavy (non-hydrogen) atoms. The first-order valence-corrected chi connectivity index (χ1v) is 9.27. The van der Waals surface area contributed by atoms with Crippen molar-refractivity contribution >= 4 is 29.3 Å². The third-order valence-electron chi connectivity index (χ3n) is 4.36. The first-order chi connectivity index (χ1) is 13.3. The van der Waals surface area contributed by atoms with Crippen LogP contribution >= 0.6 is 11.8 Å². The second kappa shape index (κ2) is 8.68. The van der Waals surface area contributed by atoms with E-state index in [9.17, 15) is 20.1 Å². The topological polar surface area (TPSA) is 124 Å². The average molecular weight is 400 g/mol. The number of nitrogens with zero attached hydrogens (tertiary/aromatic N) is 2. The van der Waals surface area contributed by atoms with Crippen molar-refractivity contribution in [1.29, 1.82) is 10.5 Å². The van der Waals surface area contributed by atoms with Crippen LogP contribution in [0.2, 0.25) is 0 Å². The van der Waals surface area contributed by atoms with Crippen LogP contribution in [0, 0.1) is 34.0 Å². The maximum atomic E-state index is 12.3. The fourth-order valence-electron chi connectivity index (χ4n) is 2.76. The Kier molecular flexibility index (Phi) is 6.55. The molecule has 0 radical (unpaired) electrons. The molecule has 0 saturated heterocycles. The predicted octanol–water partition coefficient (Wildman–Crippen LogP) is 2.41. The minimum absolute atomic E-state index is 0.0384. The zero-order valence-electron chi connectivity index (χ0n) is 16.0. The molecule has 0 saturated carbocycles. The van der Waals surface area contributed by atoms with Gasteiger partial charge in [-0.15, -0.1) is 0 Å². The lowest BCUT2D eigenvalue weighted by Gasteiger charge is -2.34. The minimum atomic E-state index is -0.969. The van der Waals surface area contributed by atoms with Crippen molar-refractivity contribution in [1.82, 2.24) is 5.32 Å². The van der Waals surface area contributed by atoms with Gasteiger partial charge in [0.25, 0.3) is 0 Å². The Balaban J connectivity index is 2.14. The molecule has 2 rings (SSSR count). The molecule has 0 aromatic heterocycles. The van der Waals surface area contributed by atoms with Crippen molar-refractivity contribution in [2.24, 2.45) is 11.3 Å². The van der Waals surface area contributed by atoms with Crippen molar-refractivity contribution in [3.63, 3.8) is 0 Å². The van der Waals surface area contributed by atoms with Gasteiger partial charge in [0.1, 0.15) is 17.4 Å². The summed E-state index contributed by atoms with van der Waals surface area (Å²) in [6, 6.07) is 8.99. The van der Waals surface area contributed by atoms with E-state index < -0.39 is 17.2 Å². The van der Waals surface area contributed by atoms with Gasteiger partial charge in [-0.25, -0.2) is 0 Å². The predicted molar refractivity (Wildman–Crippen MR) is 104 cm³/mol. The molecule has 0 fully saturated rings. The largest absolute Gasteiger partial charge is 0.497 e. The number of nitriles is 2. The number of carbonyl (C=O) groups excluding carboxylic acids is 2. The van der Waals surface area contributed by atoms with Crippen LogP contribution in [-0.2, 0) is 9.59 Å². The second-order valence-electron chi connectivity index (χ2n) is 6.49. The molecule has 2 N–H and O–H groups in total. The molecule has 0 aliphatic carbocycles. The van der Waals surface area contributed by atoms with Crippen LogP contribution in [0.4, 0.5) is 5.69 Å². The van der Waals surface area contributed by atoms with Crippen LogP contribution in [0.25, 0.3) is 0 Å². The van der Waals surface area contributed by atoms with Crippen LogP contribution < -0.4 is 20.1 Å². The number of nitrogens with one attached hydrogen (secondary N) is 2. The Morgan fingerprint density at radius 2 is 2.04 bits per heavy atom. The molecule has 146 valence electrons. The van der Waals surface area contributed by atoms with Gasteiger partial charge in [-0.1, -0.05) is 25.6 Å². The van der Waals surface area contributed by atoms with E-state index in [1.165, 1.54) is 14.2 Å². The normalized spacial score (nSPS) is 17.8. The maximum absolute atomic E-state index is 12.3. The molecule has 1 heterocycles. The highest BCUT2D eigenvalue weighted by molar-refractivity contribution is 8.03. The highest BCUT2D eigenvalue weighted by Crippen LogP contribution is 2.41. The van der Waals surface area contributed by atoms with E-state index in [2.05, 4.69) is 16.7 Å². The fourth-order valence-corrected chi connectivity index (χ4v) is 3.73. The van der Waals surface area contributed by atoms with Crippen molar-refractivity contribution in [2.75, 3.05) is 25.3 Å². The van der Waals surface area contributed by atoms with Gasteiger partial charge in [-0.3, -0.25) is 9.59 Å². The summed E-state index contributed by atoms with van der Waals surface area (Å²) >= 11 is 1.04. The third kappa shape index (κ3) is 4.21. The molecule has 0 unspecified atom stereocenters. The molecule has 1 aliphatic rings. The van der Waals surface area contributed by atoms with Gasteiger partial charge in [0, 0.05) is 11.5 Å². The smallest absolute Gasteiger partial charge is 0.243 e. The van der Waals surface area contributed by atoms with Crippen LogP contribution in [-0.4, -0.2) is 31.8 Å². The highest BCUT2D eigenvalue weighted by Gasteiger charge is 2.44. The standard InChI is InChI=1S/C19H20N4O4S/c1-19(2)12(8-20)17(25)23-18(13(19)9-21)28-10-16(24)22-14-6-5-11(26-3)7-15(14)27-4/h5-7,12H,10H2,1-4H3,(H,22,24)(H,23,25)/t12-/m1/s1. The Bertz CT molecular complexity index is 911. The Labute approximate surface area is 167 Å². The summed E-state index contributed by atoms with van der Waals surface area (Å²) in [7, 11) is 3.01. The third-order valence-corrected chi connectivity index (χ3v) is 5.36. The van der Waals surface area contributed by atoms with E-state index in [1.807, 2.05) is 6.07 Å². The lowest BCUT2D eigenvalue weighted by atomic mass is 9.72. The molecule has 8 nitrogen and oxygen atoms in total. The molecule has 1 aromatic carbocycles. The molecule has 0 bridgehead atoms. The van der Waals surface area contributed by atoms with Crippen molar-refractivity contribution < 1.29 is 19.1 Å². The monoisotopic (exact) mass is 400 g/mol. The number of thioether (sulfide) groups is 1. The molecule has 9 heteroatoms. The van der Waals surface area contributed by atoms with Crippen molar-refractivity contribution in [3.05, 3.63) is 28.8 Å². The quantitative estimate of drug-likeness (QED) is 0.751. The number of benzene rings is 1. The molecule has 0 spiro atoms. The average Bonchev–Trinajstić information content (AvgIpc) is 2.66. The number of rotatable bonds is 6. The summed E-state index contributed by atoms with van der Waals surface area (Å²) in [6.07, 6.45) is 0. The number of amides is 2. The number of anilines is 1. The summed E-state index contributed by atoms with van der Waals surface area (Å²) in [5.41, 5.74) is -0.191. The van der Waals surface area contributed by atoms with Gasteiger partial charge >= 0.3 is 0 Å². The number of carbonyl (C=O) groups is 2. The molecule has 1 aromatic rings. The summed E-state index contributed by atoms with van der Waals surface area (Å²) < 4.78 is 10.4. The van der Waals surface area contributed by atoms with Gasteiger partial charge in [0.05, 0.1) is 48.4 Å². The molecule has 1 atom stereocenters. The van der Waals surface area contributed by atoms with Gasteiger partial charge in [0.2, 0.25) is 11.8 Å². The lowest BCUT2D eigenvalue weighted by molar-refractivity contribution is -0.125. The highest BCUT2D eigenvalue weighted by atomic mass is 32.2. The lowest BCUT2D eigenvalue weighted by Crippen LogP contribution is -2.44. The SMILES string of the molecule is COc1ccc(NC(=O)CSC2=C(C#N)C(C)(C)[C@H](C#N)C(=O)N2)c(OC)c1. The van der Waals surface area contributed by atoms with Crippen LogP contribution in [0.1, 0.15) is 13.8 Å². The van der Waals surface area contributed by atoms with E-state index in [1.54, 1.807) is 32.0 Å². The van der Waals surface area contributed by atoms with Crippen molar-refractivity contribution in [2.45, 2.75) is 13.8 Å². The number of hydrogen-bond donors (Lipinski definition) is 2.